The summed E-state index contributed by atoms with van der Waals surface area (Å²) in [5.41, 5.74) is 0.814. The maximum Gasteiger partial charge on any atom is 0.267 e. The fourth-order valence-corrected chi connectivity index (χ4v) is 3.78. The molecule has 0 N–H and O–H groups in total. The van der Waals surface area contributed by atoms with Crippen LogP contribution in [0.15, 0.2) is 12.4 Å². The van der Waals surface area contributed by atoms with E-state index < -0.39 is 0 Å². The Bertz CT molecular complexity index is 650. The third-order valence-corrected chi connectivity index (χ3v) is 4.98. The highest BCUT2D eigenvalue weighted by Crippen LogP contribution is 2.25. The number of aromatic nitrogens is 4. The minimum Gasteiger partial charge on any atom is -0.336 e. The number of carbonyl (C=O) groups excluding carboxylic acids is 1. The molecule has 22 heavy (non-hydrogen) atoms. The first-order chi connectivity index (χ1) is 10.7. The smallest absolute Gasteiger partial charge is 0.267 e. The zero-order chi connectivity index (χ0) is 15.5. The van der Waals surface area contributed by atoms with Gasteiger partial charge >= 0.3 is 0 Å². The number of carbonyl (C=O) groups is 1. The first kappa shape index (κ1) is 15.1. The van der Waals surface area contributed by atoms with Gasteiger partial charge in [0.2, 0.25) is 0 Å². The minimum atomic E-state index is 0.0784. The van der Waals surface area contributed by atoms with Crippen molar-refractivity contribution in [3.63, 3.8) is 0 Å². The Labute approximate surface area is 134 Å². The molecule has 2 aromatic rings. The van der Waals surface area contributed by atoms with Crippen molar-refractivity contribution < 1.29 is 4.79 Å². The summed E-state index contributed by atoms with van der Waals surface area (Å²) in [5, 5.41) is 4.05. The van der Waals surface area contributed by atoms with Crippen LogP contribution in [-0.2, 0) is 12.8 Å². The molecule has 3 rings (SSSR count). The first-order valence-corrected chi connectivity index (χ1v) is 8.64. The maximum absolute atomic E-state index is 12.7. The van der Waals surface area contributed by atoms with Crippen molar-refractivity contribution in [3.8, 4) is 0 Å². The number of hydrogen-bond acceptors (Lipinski definition) is 5. The molecule has 0 aliphatic carbocycles. The molecule has 0 radical (unpaired) electrons. The normalized spacial score (nSPS) is 18.6. The molecule has 1 aliphatic rings. The van der Waals surface area contributed by atoms with Crippen molar-refractivity contribution in [2.75, 3.05) is 13.1 Å². The molecule has 1 fully saturated rings. The minimum absolute atomic E-state index is 0.0784. The Morgan fingerprint density at radius 1 is 1.41 bits per heavy atom. The van der Waals surface area contributed by atoms with Gasteiger partial charge in [-0.2, -0.15) is 0 Å². The van der Waals surface area contributed by atoms with E-state index in [0.29, 0.717) is 10.9 Å². The summed E-state index contributed by atoms with van der Waals surface area (Å²) in [6.45, 7) is 5.67. The lowest BCUT2D eigenvalue weighted by Gasteiger charge is -2.33. The number of aryl methyl sites for hydroxylation is 2. The van der Waals surface area contributed by atoms with E-state index >= 15 is 0 Å². The van der Waals surface area contributed by atoms with Crippen LogP contribution in [-0.4, -0.2) is 43.0 Å². The van der Waals surface area contributed by atoms with E-state index in [9.17, 15) is 4.79 Å². The Hall–Kier alpha value is -1.76. The number of amides is 1. The van der Waals surface area contributed by atoms with E-state index in [1.807, 2.05) is 24.2 Å². The molecule has 0 saturated carbocycles. The van der Waals surface area contributed by atoms with Gasteiger partial charge in [0, 0.05) is 31.9 Å². The molecule has 118 valence electrons. The summed E-state index contributed by atoms with van der Waals surface area (Å²) in [4.78, 5) is 19.8. The highest BCUT2D eigenvalue weighted by molar-refractivity contribution is 7.08. The fourth-order valence-electron chi connectivity index (χ4n) is 3.06. The van der Waals surface area contributed by atoms with Crippen molar-refractivity contribution in [1.82, 2.24) is 24.0 Å². The Morgan fingerprint density at radius 3 is 3.05 bits per heavy atom. The van der Waals surface area contributed by atoms with Crippen LogP contribution in [0.2, 0.25) is 0 Å². The van der Waals surface area contributed by atoms with Gasteiger partial charge in [-0.05, 0) is 30.8 Å². The van der Waals surface area contributed by atoms with Crippen molar-refractivity contribution in [2.24, 2.45) is 0 Å². The number of rotatable bonds is 4. The molecule has 1 atom stereocenters. The zero-order valence-electron chi connectivity index (χ0n) is 13.0. The van der Waals surface area contributed by atoms with Crippen LogP contribution in [0.4, 0.5) is 0 Å². The van der Waals surface area contributed by atoms with Crippen LogP contribution in [0.25, 0.3) is 0 Å². The molecule has 6 nitrogen and oxygen atoms in total. The molecule has 0 bridgehead atoms. The van der Waals surface area contributed by atoms with Crippen molar-refractivity contribution in [3.05, 3.63) is 28.8 Å². The lowest BCUT2D eigenvalue weighted by Crippen LogP contribution is -2.41. The number of nitrogens with zero attached hydrogens (tertiary/aromatic N) is 5. The summed E-state index contributed by atoms with van der Waals surface area (Å²) in [6.07, 6.45) is 7.65. The third-order valence-electron chi connectivity index (χ3n) is 4.23. The van der Waals surface area contributed by atoms with Gasteiger partial charge in [0.25, 0.3) is 5.91 Å². The summed E-state index contributed by atoms with van der Waals surface area (Å²) in [5.74, 6) is 1.17. The van der Waals surface area contributed by atoms with Crippen LogP contribution in [0.3, 0.4) is 0 Å². The highest BCUT2D eigenvalue weighted by atomic mass is 32.1. The van der Waals surface area contributed by atoms with Gasteiger partial charge in [-0.3, -0.25) is 4.79 Å². The summed E-state index contributed by atoms with van der Waals surface area (Å²) >= 11 is 1.21. The van der Waals surface area contributed by atoms with Crippen LogP contribution < -0.4 is 0 Å². The van der Waals surface area contributed by atoms with Crippen LogP contribution in [0.5, 0.6) is 0 Å². The van der Waals surface area contributed by atoms with Gasteiger partial charge in [-0.15, -0.1) is 5.10 Å². The van der Waals surface area contributed by atoms with E-state index in [4.69, 9.17) is 0 Å². The van der Waals surface area contributed by atoms with Gasteiger partial charge in [0.15, 0.2) is 0 Å². The van der Waals surface area contributed by atoms with E-state index in [1.54, 1.807) is 0 Å². The average Bonchev–Trinajstić information content (AvgIpc) is 3.22. The predicted molar refractivity (Wildman–Crippen MR) is 85.1 cm³/mol. The molecular weight excluding hydrogens is 298 g/mol. The molecule has 3 heterocycles. The molecule has 1 aliphatic heterocycles. The molecule has 2 aromatic heterocycles. The molecule has 7 heteroatoms. The molecule has 1 amide bonds. The van der Waals surface area contributed by atoms with Gasteiger partial charge in [0.05, 0.1) is 11.7 Å². The van der Waals surface area contributed by atoms with Gasteiger partial charge in [-0.25, -0.2) is 4.98 Å². The lowest BCUT2D eigenvalue weighted by molar-refractivity contribution is 0.0681. The molecule has 1 saturated heterocycles. The maximum atomic E-state index is 12.7. The standard InChI is InChI=1S/C15H21N5OS/c1-3-12-14(22-18-17-12)15(21)19-8-5-6-11(10-19)20-9-7-16-13(20)4-2/h7,9,11H,3-6,8,10H2,1-2H3/t11-/m0/s1. The Morgan fingerprint density at radius 2 is 2.27 bits per heavy atom. The second-order valence-corrected chi connectivity index (χ2v) is 6.31. The monoisotopic (exact) mass is 319 g/mol. The largest absolute Gasteiger partial charge is 0.336 e. The number of likely N-dealkylation sites (tertiary alicyclic amines) is 1. The SMILES string of the molecule is CCc1nnsc1C(=O)N1CCC[C@H](n2ccnc2CC)C1. The molecular formula is C15H21N5OS. The Balaban J connectivity index is 1.77. The molecule has 0 unspecified atom stereocenters. The second-order valence-electron chi connectivity index (χ2n) is 5.55. The summed E-state index contributed by atoms with van der Waals surface area (Å²) in [7, 11) is 0. The number of hydrogen-bond donors (Lipinski definition) is 0. The van der Waals surface area contributed by atoms with E-state index in [0.717, 1.165) is 50.3 Å². The van der Waals surface area contributed by atoms with Gasteiger partial charge in [0.1, 0.15) is 10.7 Å². The van der Waals surface area contributed by atoms with E-state index in [-0.39, 0.29) is 5.91 Å². The van der Waals surface area contributed by atoms with Crippen LogP contribution in [0, 0.1) is 0 Å². The van der Waals surface area contributed by atoms with E-state index in [2.05, 4.69) is 26.1 Å². The van der Waals surface area contributed by atoms with Crippen molar-refractivity contribution in [1.29, 1.82) is 0 Å². The summed E-state index contributed by atoms with van der Waals surface area (Å²) in [6, 6.07) is 0.320. The van der Waals surface area contributed by atoms with Crippen molar-refractivity contribution in [2.45, 2.75) is 45.6 Å². The fraction of sp³-hybridized carbons (Fsp3) is 0.600. The average molecular weight is 319 g/mol. The number of imidazole rings is 1. The van der Waals surface area contributed by atoms with Crippen LogP contribution >= 0.6 is 11.5 Å². The van der Waals surface area contributed by atoms with Gasteiger partial charge < -0.3 is 9.47 Å². The summed E-state index contributed by atoms with van der Waals surface area (Å²) < 4.78 is 6.16. The first-order valence-electron chi connectivity index (χ1n) is 7.86. The Kier molecular flexibility index (Phi) is 4.52. The highest BCUT2D eigenvalue weighted by Gasteiger charge is 2.28. The molecule has 0 aromatic carbocycles. The third kappa shape index (κ3) is 2.77. The van der Waals surface area contributed by atoms with E-state index in [1.165, 1.54) is 11.5 Å². The quantitative estimate of drug-likeness (QED) is 0.867. The number of piperidine rings is 1. The van der Waals surface area contributed by atoms with Crippen LogP contribution in [0.1, 0.15) is 53.9 Å². The second kappa shape index (κ2) is 6.56. The molecule has 0 spiro atoms. The lowest BCUT2D eigenvalue weighted by atomic mass is 10.0. The van der Waals surface area contributed by atoms with Gasteiger partial charge in [-0.1, -0.05) is 18.3 Å². The predicted octanol–water partition coefficient (Wildman–Crippen LogP) is 2.34. The topological polar surface area (TPSA) is 63.9 Å². The van der Waals surface area contributed by atoms with Crippen molar-refractivity contribution >= 4 is 17.4 Å². The zero-order valence-corrected chi connectivity index (χ0v) is 13.8.